The third-order valence-electron chi connectivity index (χ3n) is 5.42. The first-order valence-electron chi connectivity index (χ1n) is 11.6. The summed E-state index contributed by atoms with van der Waals surface area (Å²) in [5.74, 6) is 0.492. The van der Waals surface area contributed by atoms with E-state index in [4.69, 9.17) is 30.7 Å². The topological polar surface area (TPSA) is 148 Å². The number of rotatable bonds is 12. The third kappa shape index (κ3) is 6.01. The van der Waals surface area contributed by atoms with Crippen molar-refractivity contribution in [3.8, 4) is 0 Å². The van der Waals surface area contributed by atoms with Crippen molar-refractivity contribution in [1.29, 1.82) is 0 Å². The van der Waals surface area contributed by atoms with Crippen molar-refractivity contribution in [3.63, 3.8) is 0 Å². The number of aromatic nitrogens is 3. The van der Waals surface area contributed by atoms with E-state index in [1.807, 2.05) is 50.5 Å². The van der Waals surface area contributed by atoms with Crippen LogP contribution in [0.4, 0.5) is 5.82 Å². The van der Waals surface area contributed by atoms with Crippen LogP contribution in [0.3, 0.4) is 0 Å². The Balaban J connectivity index is 2.08. The summed E-state index contributed by atoms with van der Waals surface area (Å²) in [5, 5.41) is 10.8. The molecule has 34 heavy (non-hydrogen) atoms. The summed E-state index contributed by atoms with van der Waals surface area (Å²) in [4.78, 5) is 21.2. The quantitative estimate of drug-likeness (QED) is 0.266. The summed E-state index contributed by atoms with van der Waals surface area (Å²) in [6, 6.07) is 5.94. The maximum atomic E-state index is 11.9. The van der Waals surface area contributed by atoms with Gasteiger partial charge in [0, 0.05) is 25.0 Å². The molecule has 186 valence electrons. The van der Waals surface area contributed by atoms with Crippen molar-refractivity contribution in [3.05, 3.63) is 29.6 Å². The lowest BCUT2D eigenvalue weighted by atomic mass is 10.1. The van der Waals surface area contributed by atoms with Gasteiger partial charge in [-0.1, -0.05) is 12.1 Å². The van der Waals surface area contributed by atoms with Crippen LogP contribution in [0.25, 0.3) is 21.9 Å². The van der Waals surface area contributed by atoms with Gasteiger partial charge < -0.3 is 35.4 Å². The van der Waals surface area contributed by atoms with Crippen LogP contribution in [0.15, 0.2) is 18.2 Å². The van der Waals surface area contributed by atoms with Crippen LogP contribution in [0.5, 0.6) is 0 Å². The van der Waals surface area contributed by atoms with Gasteiger partial charge in [0.05, 0.1) is 24.1 Å². The smallest absolute Gasteiger partial charge is 0.320 e. The standard InChI is InChI=1S/C24H35N5O5/c1-5-32-13-18-28-21-22(29(18)14-24(3,4)34-20(31)12-25)16-9-7-15(8-10-19(30)33-6-2)11-17(16)27-23(21)26/h7,9,11,19,30H,5-6,8,10,12-14,25H2,1-4H3,(H2,26,27). The highest BCUT2D eigenvalue weighted by Gasteiger charge is 2.27. The molecule has 1 aromatic carbocycles. The summed E-state index contributed by atoms with van der Waals surface area (Å²) in [5.41, 5.74) is 14.0. The number of nitrogens with two attached hydrogens (primary N) is 2. The van der Waals surface area contributed by atoms with E-state index in [2.05, 4.69) is 4.98 Å². The Hall–Kier alpha value is -2.79. The molecule has 2 heterocycles. The third-order valence-corrected chi connectivity index (χ3v) is 5.42. The van der Waals surface area contributed by atoms with Crippen LogP contribution in [0, 0.1) is 0 Å². The Bertz CT molecular complexity index is 1140. The second-order valence-corrected chi connectivity index (χ2v) is 8.68. The number of aliphatic hydroxyl groups is 1. The Kier molecular flexibility index (Phi) is 8.42. The van der Waals surface area contributed by atoms with E-state index in [1.165, 1.54) is 0 Å². The van der Waals surface area contributed by atoms with E-state index >= 15 is 0 Å². The lowest BCUT2D eigenvalue weighted by Crippen LogP contribution is -2.36. The van der Waals surface area contributed by atoms with Crippen molar-refractivity contribution in [2.75, 3.05) is 25.5 Å². The number of esters is 1. The molecule has 0 amide bonds. The second-order valence-electron chi connectivity index (χ2n) is 8.68. The molecule has 0 fully saturated rings. The number of benzene rings is 1. The van der Waals surface area contributed by atoms with Gasteiger partial charge in [0.1, 0.15) is 23.5 Å². The summed E-state index contributed by atoms with van der Waals surface area (Å²) in [6.07, 6.45) is 0.309. The highest BCUT2D eigenvalue weighted by atomic mass is 16.6. The molecule has 1 unspecified atom stereocenters. The summed E-state index contributed by atoms with van der Waals surface area (Å²) < 4.78 is 18.4. The van der Waals surface area contributed by atoms with Crippen molar-refractivity contribution < 1.29 is 24.1 Å². The molecule has 3 rings (SSSR count). The molecule has 1 atom stereocenters. The van der Waals surface area contributed by atoms with Gasteiger partial charge in [-0.25, -0.2) is 9.97 Å². The number of ether oxygens (including phenoxy) is 3. The minimum absolute atomic E-state index is 0.194. The summed E-state index contributed by atoms with van der Waals surface area (Å²) >= 11 is 0. The summed E-state index contributed by atoms with van der Waals surface area (Å²) in [7, 11) is 0. The maximum absolute atomic E-state index is 11.9. The predicted octanol–water partition coefficient (Wildman–Crippen LogP) is 2.27. The number of carbonyl (C=O) groups excluding carboxylic acids is 1. The Labute approximate surface area is 199 Å². The van der Waals surface area contributed by atoms with Crippen LogP contribution < -0.4 is 11.5 Å². The van der Waals surface area contributed by atoms with E-state index < -0.39 is 17.9 Å². The van der Waals surface area contributed by atoms with Crippen molar-refractivity contribution in [2.24, 2.45) is 5.73 Å². The molecule has 0 aliphatic carbocycles. The highest BCUT2D eigenvalue weighted by molar-refractivity contribution is 6.06. The van der Waals surface area contributed by atoms with Crippen LogP contribution in [-0.4, -0.2) is 57.3 Å². The number of pyridine rings is 1. The predicted molar refractivity (Wildman–Crippen MR) is 130 cm³/mol. The lowest BCUT2D eigenvalue weighted by Gasteiger charge is -2.27. The fourth-order valence-electron chi connectivity index (χ4n) is 3.96. The number of carbonyl (C=O) groups is 1. The molecule has 5 N–H and O–H groups in total. The van der Waals surface area contributed by atoms with Gasteiger partial charge >= 0.3 is 5.97 Å². The van der Waals surface area contributed by atoms with Gasteiger partial charge in [-0.05, 0) is 45.7 Å². The number of aryl methyl sites for hydroxylation is 1. The molecule has 10 nitrogen and oxygen atoms in total. The van der Waals surface area contributed by atoms with Gasteiger partial charge in [0.2, 0.25) is 0 Å². The molecule has 0 radical (unpaired) electrons. The number of anilines is 1. The number of hydrogen-bond donors (Lipinski definition) is 3. The van der Waals surface area contributed by atoms with Crippen molar-refractivity contribution in [2.45, 2.75) is 65.6 Å². The Morgan fingerprint density at radius 3 is 2.68 bits per heavy atom. The van der Waals surface area contributed by atoms with Gasteiger partial charge in [0.25, 0.3) is 0 Å². The largest absolute Gasteiger partial charge is 0.457 e. The van der Waals surface area contributed by atoms with Gasteiger partial charge in [-0.15, -0.1) is 0 Å². The first-order valence-corrected chi connectivity index (χ1v) is 11.6. The monoisotopic (exact) mass is 473 g/mol. The summed E-state index contributed by atoms with van der Waals surface area (Å²) in [6.45, 7) is 8.81. The number of nitrogen functional groups attached to an aromatic ring is 1. The number of imidazole rings is 1. The molecular weight excluding hydrogens is 438 g/mol. The molecular formula is C24H35N5O5. The molecule has 0 saturated carbocycles. The molecule has 0 aliphatic rings. The molecule has 0 aliphatic heterocycles. The maximum Gasteiger partial charge on any atom is 0.320 e. The molecule has 0 saturated heterocycles. The molecule has 2 aromatic heterocycles. The first kappa shape index (κ1) is 25.8. The lowest BCUT2D eigenvalue weighted by molar-refractivity contribution is -0.155. The Morgan fingerprint density at radius 1 is 1.24 bits per heavy atom. The molecule has 0 spiro atoms. The van der Waals surface area contributed by atoms with E-state index in [0.29, 0.717) is 55.3 Å². The number of fused-ring (bicyclic) bond motifs is 3. The SMILES string of the molecule is CCOCc1nc2c(N)nc3cc(CCC(O)OCC)ccc3c2n1CC(C)(C)OC(=O)CN. The zero-order valence-electron chi connectivity index (χ0n) is 20.3. The van der Waals surface area contributed by atoms with E-state index in [9.17, 15) is 9.90 Å². The normalized spacial score (nSPS) is 13.0. The average molecular weight is 474 g/mol. The van der Waals surface area contributed by atoms with Crippen molar-refractivity contribution in [1.82, 2.24) is 14.5 Å². The van der Waals surface area contributed by atoms with Crippen LogP contribution in [-0.2, 0) is 38.6 Å². The van der Waals surface area contributed by atoms with Gasteiger partial charge in [-0.2, -0.15) is 0 Å². The minimum Gasteiger partial charge on any atom is -0.457 e. The van der Waals surface area contributed by atoms with Crippen LogP contribution >= 0.6 is 0 Å². The fraction of sp³-hybridized carbons (Fsp3) is 0.542. The Morgan fingerprint density at radius 2 is 2.00 bits per heavy atom. The van der Waals surface area contributed by atoms with Gasteiger partial charge in [-0.3, -0.25) is 4.79 Å². The molecule has 0 bridgehead atoms. The molecule has 3 aromatic rings. The van der Waals surface area contributed by atoms with Gasteiger partial charge in [0.15, 0.2) is 12.1 Å². The van der Waals surface area contributed by atoms with E-state index in [1.54, 1.807) is 0 Å². The number of hydrogen-bond acceptors (Lipinski definition) is 9. The fourth-order valence-corrected chi connectivity index (χ4v) is 3.96. The van der Waals surface area contributed by atoms with E-state index in [-0.39, 0.29) is 13.2 Å². The molecule has 10 heteroatoms. The van der Waals surface area contributed by atoms with Crippen LogP contribution in [0.2, 0.25) is 0 Å². The van der Waals surface area contributed by atoms with Crippen LogP contribution in [0.1, 0.15) is 45.5 Å². The van der Waals surface area contributed by atoms with Crippen molar-refractivity contribution >= 4 is 33.7 Å². The highest BCUT2D eigenvalue weighted by Crippen LogP contribution is 2.31. The average Bonchev–Trinajstić information content (AvgIpc) is 3.14. The zero-order valence-corrected chi connectivity index (χ0v) is 20.3. The zero-order chi connectivity index (χ0) is 24.9. The van der Waals surface area contributed by atoms with E-state index in [0.717, 1.165) is 16.5 Å². The number of nitrogens with zero attached hydrogens (tertiary/aromatic N) is 3. The number of aliphatic hydroxyl groups excluding tert-OH is 1. The minimum atomic E-state index is -0.843. The first-order chi connectivity index (χ1) is 16.2. The second kappa shape index (κ2) is 11.1.